The molecule has 1 N–H and O–H groups in total. The number of anilines is 3. The van der Waals surface area contributed by atoms with Crippen molar-refractivity contribution in [2.24, 2.45) is 0 Å². The minimum atomic E-state index is 0.766. The number of aromatic nitrogens is 2. The van der Waals surface area contributed by atoms with E-state index in [1.54, 1.807) is 26.2 Å². The summed E-state index contributed by atoms with van der Waals surface area (Å²) >= 11 is 1.77. The molecular formula is C23H27N5O2S. The zero-order valence-electron chi connectivity index (χ0n) is 18.0. The van der Waals surface area contributed by atoms with Gasteiger partial charge >= 0.3 is 0 Å². The molecule has 31 heavy (non-hydrogen) atoms. The topological polar surface area (TPSA) is 62.8 Å². The van der Waals surface area contributed by atoms with Gasteiger partial charge in [-0.1, -0.05) is 6.07 Å². The van der Waals surface area contributed by atoms with Crippen molar-refractivity contribution >= 4 is 29.4 Å². The lowest BCUT2D eigenvalue weighted by molar-refractivity contribution is 0.412. The van der Waals surface area contributed by atoms with Gasteiger partial charge < -0.3 is 19.7 Å². The molecule has 1 saturated heterocycles. The average molecular weight is 438 g/mol. The van der Waals surface area contributed by atoms with Crippen molar-refractivity contribution in [3.05, 3.63) is 60.3 Å². The van der Waals surface area contributed by atoms with Crippen molar-refractivity contribution in [2.45, 2.75) is 11.8 Å². The molecule has 2 aromatic carbocycles. The number of hydrogen-bond acceptors (Lipinski definition) is 8. The molecule has 3 aromatic rings. The minimum absolute atomic E-state index is 0.766. The van der Waals surface area contributed by atoms with Crippen LogP contribution in [0.5, 0.6) is 11.5 Å². The van der Waals surface area contributed by atoms with E-state index in [4.69, 9.17) is 14.5 Å². The van der Waals surface area contributed by atoms with Gasteiger partial charge in [-0.05, 0) is 61.3 Å². The van der Waals surface area contributed by atoms with Crippen molar-refractivity contribution in [3.63, 3.8) is 0 Å². The predicted octanol–water partition coefficient (Wildman–Crippen LogP) is 4.38. The molecule has 1 aliphatic heterocycles. The second-order valence-electron chi connectivity index (χ2n) is 7.23. The van der Waals surface area contributed by atoms with Crippen molar-refractivity contribution in [3.8, 4) is 11.5 Å². The number of rotatable bonds is 7. The molecular weight excluding hydrogens is 410 g/mol. The maximum absolute atomic E-state index is 5.33. The van der Waals surface area contributed by atoms with Gasteiger partial charge in [-0.2, -0.15) is 4.98 Å². The highest BCUT2D eigenvalue weighted by molar-refractivity contribution is 7.97. The van der Waals surface area contributed by atoms with Crippen LogP contribution >= 0.6 is 11.9 Å². The minimum Gasteiger partial charge on any atom is -0.497 e. The van der Waals surface area contributed by atoms with Crippen molar-refractivity contribution in [2.75, 3.05) is 50.6 Å². The molecule has 0 bridgehead atoms. The summed E-state index contributed by atoms with van der Waals surface area (Å²) in [5, 5.41) is 3.37. The standard InChI is InChI=1S/C23H27N5O2S/c1-17-15-22(25-18-7-9-19(29-2)10-8-18)26-23(24-17)27-11-13-28(14-12-27)31-21-6-4-5-20(16-21)30-3/h4-10,15-16H,11-14H2,1-3H3,(H,24,25,26). The predicted molar refractivity (Wildman–Crippen MR) is 126 cm³/mol. The Labute approximate surface area is 187 Å². The van der Waals surface area contributed by atoms with Crippen LogP contribution < -0.4 is 19.7 Å². The lowest BCUT2D eigenvalue weighted by atomic mass is 10.3. The molecule has 0 unspecified atom stereocenters. The first-order chi connectivity index (χ1) is 15.1. The third kappa shape index (κ3) is 5.59. The van der Waals surface area contributed by atoms with Gasteiger partial charge in [0.15, 0.2) is 0 Å². The largest absolute Gasteiger partial charge is 0.497 e. The van der Waals surface area contributed by atoms with Crippen LogP contribution in [0.1, 0.15) is 5.69 Å². The van der Waals surface area contributed by atoms with Gasteiger partial charge in [0, 0.05) is 48.5 Å². The molecule has 7 nitrogen and oxygen atoms in total. The van der Waals surface area contributed by atoms with E-state index >= 15 is 0 Å². The molecule has 1 aromatic heterocycles. The molecule has 0 spiro atoms. The van der Waals surface area contributed by atoms with Crippen molar-refractivity contribution in [1.29, 1.82) is 0 Å². The van der Waals surface area contributed by atoms with E-state index in [0.29, 0.717) is 0 Å². The lowest BCUT2D eigenvalue weighted by Gasteiger charge is -2.34. The van der Waals surface area contributed by atoms with Crippen LogP contribution in [0, 0.1) is 6.92 Å². The second-order valence-corrected chi connectivity index (χ2v) is 8.40. The summed E-state index contributed by atoms with van der Waals surface area (Å²) in [6.45, 7) is 5.62. The molecule has 0 amide bonds. The zero-order chi connectivity index (χ0) is 21.6. The van der Waals surface area contributed by atoms with Gasteiger partial charge in [0.1, 0.15) is 17.3 Å². The number of piperazine rings is 1. The van der Waals surface area contributed by atoms with Gasteiger partial charge in [0.25, 0.3) is 0 Å². The van der Waals surface area contributed by atoms with Crippen LogP contribution in [0.4, 0.5) is 17.5 Å². The fourth-order valence-corrected chi connectivity index (χ4v) is 4.32. The van der Waals surface area contributed by atoms with E-state index in [1.165, 1.54) is 4.90 Å². The summed E-state index contributed by atoms with van der Waals surface area (Å²) in [4.78, 5) is 12.9. The van der Waals surface area contributed by atoms with Crippen LogP contribution in [-0.4, -0.2) is 54.7 Å². The number of methoxy groups -OCH3 is 2. The van der Waals surface area contributed by atoms with E-state index in [-0.39, 0.29) is 0 Å². The number of hydrogen-bond donors (Lipinski definition) is 1. The third-order valence-electron chi connectivity index (χ3n) is 5.00. The lowest BCUT2D eigenvalue weighted by Crippen LogP contribution is -2.44. The van der Waals surface area contributed by atoms with Gasteiger partial charge in [-0.15, -0.1) is 0 Å². The smallest absolute Gasteiger partial charge is 0.227 e. The molecule has 0 aliphatic carbocycles. The highest BCUT2D eigenvalue weighted by Crippen LogP contribution is 2.28. The highest BCUT2D eigenvalue weighted by atomic mass is 32.2. The van der Waals surface area contributed by atoms with Crippen LogP contribution in [0.3, 0.4) is 0 Å². The Morgan fingerprint density at radius 3 is 2.32 bits per heavy atom. The molecule has 0 atom stereocenters. The Kier molecular flexibility index (Phi) is 6.79. The Bertz CT molecular complexity index is 1010. The first kappa shape index (κ1) is 21.3. The summed E-state index contributed by atoms with van der Waals surface area (Å²) in [5.74, 6) is 3.27. The average Bonchev–Trinajstić information content (AvgIpc) is 2.80. The molecule has 1 aliphatic rings. The number of nitrogens with zero attached hydrogens (tertiary/aromatic N) is 4. The Hall–Kier alpha value is -2.97. The Morgan fingerprint density at radius 2 is 1.61 bits per heavy atom. The first-order valence-electron chi connectivity index (χ1n) is 10.2. The number of benzene rings is 2. The first-order valence-corrected chi connectivity index (χ1v) is 11.0. The maximum atomic E-state index is 5.33. The van der Waals surface area contributed by atoms with E-state index in [1.807, 2.05) is 49.4 Å². The van der Waals surface area contributed by atoms with Gasteiger partial charge in [0.2, 0.25) is 5.95 Å². The number of aryl methyl sites for hydroxylation is 1. The van der Waals surface area contributed by atoms with Crippen LogP contribution in [0.15, 0.2) is 59.5 Å². The third-order valence-corrected chi connectivity index (χ3v) is 6.09. The Balaban J connectivity index is 1.38. The van der Waals surface area contributed by atoms with E-state index in [9.17, 15) is 0 Å². The van der Waals surface area contributed by atoms with Crippen molar-refractivity contribution < 1.29 is 9.47 Å². The summed E-state index contributed by atoms with van der Waals surface area (Å²) in [5.41, 5.74) is 1.90. The summed E-state index contributed by atoms with van der Waals surface area (Å²) in [7, 11) is 3.36. The summed E-state index contributed by atoms with van der Waals surface area (Å²) in [6, 6.07) is 17.9. The summed E-state index contributed by atoms with van der Waals surface area (Å²) in [6.07, 6.45) is 0. The molecule has 162 valence electrons. The normalized spacial score (nSPS) is 14.4. The molecule has 0 radical (unpaired) electrons. The molecule has 2 heterocycles. The maximum Gasteiger partial charge on any atom is 0.227 e. The van der Waals surface area contributed by atoms with E-state index < -0.39 is 0 Å². The summed E-state index contributed by atoms with van der Waals surface area (Å²) < 4.78 is 12.9. The highest BCUT2D eigenvalue weighted by Gasteiger charge is 2.20. The Morgan fingerprint density at radius 1 is 0.871 bits per heavy atom. The fraction of sp³-hybridized carbons (Fsp3) is 0.304. The molecule has 0 saturated carbocycles. The fourth-order valence-electron chi connectivity index (χ4n) is 3.37. The van der Waals surface area contributed by atoms with Crippen LogP contribution in [0.25, 0.3) is 0 Å². The van der Waals surface area contributed by atoms with Crippen molar-refractivity contribution in [1.82, 2.24) is 14.3 Å². The van der Waals surface area contributed by atoms with Crippen LogP contribution in [-0.2, 0) is 0 Å². The van der Waals surface area contributed by atoms with Gasteiger partial charge in [-0.3, -0.25) is 0 Å². The van der Waals surface area contributed by atoms with Crippen LogP contribution in [0.2, 0.25) is 0 Å². The monoisotopic (exact) mass is 437 g/mol. The zero-order valence-corrected chi connectivity index (χ0v) is 18.9. The van der Waals surface area contributed by atoms with E-state index in [0.717, 1.165) is 60.8 Å². The SMILES string of the molecule is COc1ccc(Nc2cc(C)nc(N3CCN(Sc4cccc(OC)c4)CC3)n2)cc1. The van der Waals surface area contributed by atoms with E-state index in [2.05, 4.69) is 31.6 Å². The molecule has 8 heteroatoms. The number of ether oxygens (including phenoxy) is 2. The van der Waals surface area contributed by atoms with Gasteiger partial charge in [-0.25, -0.2) is 9.29 Å². The van der Waals surface area contributed by atoms with Gasteiger partial charge in [0.05, 0.1) is 14.2 Å². The quantitative estimate of drug-likeness (QED) is 0.547. The molecule has 1 fully saturated rings. The second kappa shape index (κ2) is 9.89. The molecule has 4 rings (SSSR count). The number of nitrogens with one attached hydrogen (secondary N) is 1.